The molecule has 2 aliphatic heterocycles. The van der Waals surface area contributed by atoms with Crippen LogP contribution in [0.2, 0.25) is 10.2 Å². The summed E-state index contributed by atoms with van der Waals surface area (Å²) in [7, 11) is 0. The first-order valence-corrected chi connectivity index (χ1v) is 9.88. The van der Waals surface area contributed by atoms with Crippen molar-refractivity contribution < 1.29 is 4.74 Å². The van der Waals surface area contributed by atoms with Crippen molar-refractivity contribution >= 4 is 46.9 Å². The van der Waals surface area contributed by atoms with Crippen molar-refractivity contribution in [2.75, 3.05) is 11.5 Å². The van der Waals surface area contributed by atoms with Crippen LogP contribution >= 0.6 is 35.0 Å². The van der Waals surface area contributed by atoms with Crippen molar-refractivity contribution in [3.05, 3.63) is 58.8 Å². The summed E-state index contributed by atoms with van der Waals surface area (Å²) in [5.41, 5.74) is 0.960. The number of allylic oxidation sites excluding steroid dienone is 1. The zero-order valence-corrected chi connectivity index (χ0v) is 15.6. The van der Waals surface area contributed by atoms with Crippen LogP contribution in [0.4, 0.5) is 5.69 Å². The standard InChI is InChI=1S/C18H16Cl2N3OS/c19-13-2-4-16(5-3-13)24-18-11-15(10-17(20)22-18)23(8-1-7-21-23)14-6-9-25-12-14/h1-5,7-8,10-11,14H,6,9,12H2/q+1. The second kappa shape index (κ2) is 7.00. The van der Waals surface area contributed by atoms with E-state index < -0.39 is 0 Å². The van der Waals surface area contributed by atoms with E-state index in [0.29, 0.717) is 32.4 Å². The van der Waals surface area contributed by atoms with Crippen molar-refractivity contribution in [1.82, 2.24) is 9.58 Å². The molecule has 2 aliphatic rings. The average molecular weight is 393 g/mol. The van der Waals surface area contributed by atoms with Gasteiger partial charge in [0.1, 0.15) is 23.1 Å². The molecule has 0 spiro atoms. The highest BCUT2D eigenvalue weighted by molar-refractivity contribution is 7.99. The first-order chi connectivity index (χ1) is 12.2. The highest BCUT2D eigenvalue weighted by atomic mass is 35.5. The van der Waals surface area contributed by atoms with Crippen LogP contribution in [-0.4, -0.2) is 28.7 Å². The Morgan fingerprint density at radius 1 is 1.16 bits per heavy atom. The predicted molar refractivity (Wildman–Crippen MR) is 106 cm³/mol. The fraction of sp³-hybridized carbons (Fsp3) is 0.222. The Balaban J connectivity index is 1.70. The third-order valence-electron chi connectivity index (χ3n) is 4.32. The maximum Gasteiger partial charge on any atom is 0.226 e. The van der Waals surface area contributed by atoms with Crippen LogP contribution in [0.25, 0.3) is 0 Å². The first-order valence-electron chi connectivity index (χ1n) is 7.97. The number of aromatic nitrogens is 1. The van der Waals surface area contributed by atoms with E-state index in [0.717, 1.165) is 23.6 Å². The van der Waals surface area contributed by atoms with Gasteiger partial charge in [-0.15, -0.1) is 4.59 Å². The summed E-state index contributed by atoms with van der Waals surface area (Å²) < 4.78 is 6.30. The van der Waals surface area contributed by atoms with Crippen LogP contribution in [0.15, 0.2) is 53.8 Å². The Hall–Kier alpha value is -1.53. The van der Waals surface area contributed by atoms with Gasteiger partial charge in [-0.2, -0.15) is 11.8 Å². The topological polar surface area (TPSA) is 34.5 Å². The minimum Gasteiger partial charge on any atom is -0.439 e. The minimum absolute atomic E-state index is 0.389. The Morgan fingerprint density at radius 2 is 2.00 bits per heavy atom. The second-order valence-corrected chi connectivity index (χ2v) is 7.88. The summed E-state index contributed by atoms with van der Waals surface area (Å²) in [4.78, 5) is 4.30. The summed E-state index contributed by atoms with van der Waals surface area (Å²) in [5.74, 6) is 3.33. The van der Waals surface area contributed by atoms with Gasteiger partial charge in [0.25, 0.3) is 0 Å². The van der Waals surface area contributed by atoms with Gasteiger partial charge in [0.05, 0.1) is 12.3 Å². The summed E-state index contributed by atoms with van der Waals surface area (Å²) in [6.07, 6.45) is 7.04. The van der Waals surface area contributed by atoms with Gasteiger partial charge in [-0.1, -0.05) is 28.3 Å². The van der Waals surface area contributed by atoms with Gasteiger partial charge in [0.2, 0.25) is 5.88 Å². The van der Waals surface area contributed by atoms with Gasteiger partial charge in [0.15, 0.2) is 5.69 Å². The number of rotatable bonds is 4. The molecule has 4 nitrogen and oxygen atoms in total. The molecule has 1 saturated heterocycles. The molecule has 0 radical (unpaired) electrons. The molecule has 0 amide bonds. The number of pyridine rings is 1. The number of hydrogen-bond acceptors (Lipinski definition) is 4. The number of thioether (sulfide) groups is 1. The van der Waals surface area contributed by atoms with Crippen LogP contribution in [0.5, 0.6) is 11.6 Å². The summed E-state index contributed by atoms with van der Waals surface area (Å²) in [6, 6.07) is 11.3. The third kappa shape index (κ3) is 3.42. The van der Waals surface area contributed by atoms with Gasteiger partial charge >= 0.3 is 0 Å². The van der Waals surface area contributed by atoms with Crippen molar-refractivity contribution in [1.29, 1.82) is 0 Å². The zero-order valence-electron chi connectivity index (χ0n) is 13.3. The molecule has 2 unspecified atom stereocenters. The lowest BCUT2D eigenvalue weighted by Crippen LogP contribution is -2.46. The lowest BCUT2D eigenvalue weighted by Gasteiger charge is -2.31. The van der Waals surface area contributed by atoms with E-state index in [9.17, 15) is 0 Å². The molecule has 128 valence electrons. The Morgan fingerprint density at radius 3 is 2.68 bits per heavy atom. The van der Waals surface area contributed by atoms with Crippen molar-refractivity contribution in [2.24, 2.45) is 5.10 Å². The molecule has 4 rings (SSSR count). The number of ether oxygens (including phenoxy) is 1. The second-order valence-electron chi connectivity index (χ2n) is 5.90. The van der Waals surface area contributed by atoms with E-state index in [2.05, 4.69) is 11.2 Å². The molecule has 0 bridgehead atoms. The molecule has 25 heavy (non-hydrogen) atoms. The van der Waals surface area contributed by atoms with E-state index in [1.54, 1.807) is 24.3 Å². The Labute approximate surface area is 160 Å². The maximum absolute atomic E-state index is 6.29. The highest BCUT2D eigenvalue weighted by Crippen LogP contribution is 2.39. The van der Waals surface area contributed by atoms with E-state index in [4.69, 9.17) is 33.0 Å². The molecular weight excluding hydrogens is 377 g/mol. The Bertz CT molecular complexity index is 821. The number of benzene rings is 1. The lowest BCUT2D eigenvalue weighted by molar-refractivity contribution is 0.314. The smallest absolute Gasteiger partial charge is 0.226 e. The van der Waals surface area contributed by atoms with Crippen LogP contribution < -0.4 is 9.33 Å². The number of halogens is 2. The average Bonchev–Trinajstić information content (AvgIpc) is 3.28. The van der Waals surface area contributed by atoms with E-state index in [1.807, 2.05) is 36.2 Å². The molecule has 0 saturated carbocycles. The van der Waals surface area contributed by atoms with Crippen LogP contribution in [-0.2, 0) is 0 Å². The Kier molecular flexibility index (Phi) is 4.73. The molecule has 3 heterocycles. The monoisotopic (exact) mass is 392 g/mol. The molecule has 2 aromatic rings. The molecule has 7 heteroatoms. The summed E-state index contributed by atoms with van der Waals surface area (Å²) in [5, 5.41) is 5.80. The maximum atomic E-state index is 6.29. The molecule has 1 aromatic heterocycles. The van der Waals surface area contributed by atoms with Crippen molar-refractivity contribution in [2.45, 2.75) is 12.5 Å². The first kappa shape index (κ1) is 16.9. The van der Waals surface area contributed by atoms with Gasteiger partial charge < -0.3 is 4.74 Å². The quantitative estimate of drug-likeness (QED) is 0.508. The predicted octanol–water partition coefficient (Wildman–Crippen LogP) is 5.51. The molecule has 1 aromatic carbocycles. The molecule has 2 atom stereocenters. The van der Waals surface area contributed by atoms with Gasteiger partial charge in [0, 0.05) is 29.3 Å². The van der Waals surface area contributed by atoms with Crippen molar-refractivity contribution in [3.63, 3.8) is 0 Å². The number of hydrogen-bond donors (Lipinski definition) is 0. The van der Waals surface area contributed by atoms with E-state index >= 15 is 0 Å². The fourth-order valence-electron chi connectivity index (χ4n) is 3.11. The largest absolute Gasteiger partial charge is 0.439 e. The SMILES string of the molecule is Clc1ccc(Oc2cc([N+]3(C4CCSC4)C=CC=N3)cc(Cl)n2)cc1. The fourth-order valence-corrected chi connectivity index (χ4v) is 4.70. The minimum atomic E-state index is 0.389. The number of quaternary nitrogens is 1. The molecule has 0 N–H and O–H groups in total. The molecule has 1 fully saturated rings. The van der Waals surface area contributed by atoms with E-state index in [-0.39, 0.29) is 0 Å². The van der Waals surface area contributed by atoms with Crippen LogP contribution in [0.3, 0.4) is 0 Å². The normalized spacial score (nSPS) is 24.8. The van der Waals surface area contributed by atoms with E-state index in [1.165, 1.54) is 0 Å². The lowest BCUT2D eigenvalue weighted by atomic mass is 10.2. The van der Waals surface area contributed by atoms with Crippen LogP contribution in [0, 0.1) is 0 Å². The molecular formula is C18H16Cl2N3OS+. The van der Waals surface area contributed by atoms with Gasteiger partial charge in [-0.25, -0.2) is 4.98 Å². The molecule has 0 aliphatic carbocycles. The highest BCUT2D eigenvalue weighted by Gasteiger charge is 2.42. The van der Waals surface area contributed by atoms with Crippen LogP contribution in [0.1, 0.15) is 6.42 Å². The van der Waals surface area contributed by atoms with Crippen molar-refractivity contribution in [3.8, 4) is 11.6 Å². The number of nitrogens with zero attached hydrogens (tertiary/aromatic N) is 3. The summed E-state index contributed by atoms with van der Waals surface area (Å²) in [6.45, 7) is 0. The van der Waals surface area contributed by atoms with Gasteiger partial charge in [-0.05, 0) is 30.0 Å². The summed E-state index contributed by atoms with van der Waals surface area (Å²) >= 11 is 14.2. The third-order valence-corrected chi connectivity index (χ3v) is 5.91. The van der Waals surface area contributed by atoms with Gasteiger partial charge in [-0.3, -0.25) is 0 Å². The zero-order chi connectivity index (χ0) is 17.3.